The van der Waals surface area contributed by atoms with E-state index >= 15 is 0 Å². The van der Waals surface area contributed by atoms with E-state index in [1.165, 1.54) is 12.1 Å². The molecule has 0 aromatic heterocycles. The van der Waals surface area contributed by atoms with Gasteiger partial charge in [0, 0.05) is 17.7 Å². The smallest absolute Gasteiger partial charge is 0.332 e. The van der Waals surface area contributed by atoms with Crippen molar-refractivity contribution >= 4 is 21.7 Å². The molecule has 0 saturated carbocycles. The Kier molecular flexibility index (Phi) is 4.37. The number of halogens is 1. The minimum Gasteiger partial charge on any atom is -0.399 e. The molecule has 6 heteroatoms. The molecule has 0 atom stereocenters. The number of hydrogen-bond acceptors (Lipinski definition) is 4. The Labute approximate surface area is 122 Å². The molecule has 2 N–H and O–H groups in total. The van der Waals surface area contributed by atoms with Crippen molar-refractivity contribution in [2.24, 2.45) is 0 Å². The summed E-state index contributed by atoms with van der Waals surface area (Å²) in [7, 11) is -4.95. The molecule has 0 aliphatic rings. The highest BCUT2D eigenvalue weighted by molar-refractivity contribution is 7.86. The van der Waals surface area contributed by atoms with Gasteiger partial charge in [0.25, 0.3) is 0 Å². The number of carbonyl (C=O) groups excluding carboxylic acids is 1. The molecule has 0 radical (unpaired) electrons. The van der Waals surface area contributed by atoms with Crippen molar-refractivity contribution in [2.75, 3.05) is 5.73 Å². The second-order valence-electron chi connectivity index (χ2n) is 4.60. The average molecular weight is 307 g/mol. The number of aryl methyl sites for hydroxylation is 1. The van der Waals surface area contributed by atoms with Crippen LogP contribution in [0, 0.1) is 0 Å². The highest BCUT2D eigenvalue weighted by atomic mass is 32.3. The van der Waals surface area contributed by atoms with Gasteiger partial charge in [-0.15, -0.1) is 3.89 Å². The zero-order valence-corrected chi connectivity index (χ0v) is 11.9. The van der Waals surface area contributed by atoms with E-state index in [4.69, 9.17) is 5.73 Å². The predicted molar refractivity (Wildman–Crippen MR) is 78.2 cm³/mol. The van der Waals surface area contributed by atoms with Crippen LogP contribution in [0.25, 0.3) is 0 Å². The number of hydrogen-bond donors (Lipinski definition) is 1. The molecule has 0 aliphatic carbocycles. The van der Waals surface area contributed by atoms with Gasteiger partial charge in [-0.25, -0.2) is 0 Å². The Morgan fingerprint density at radius 1 is 1.10 bits per heavy atom. The number of rotatable bonds is 5. The van der Waals surface area contributed by atoms with Gasteiger partial charge in [-0.05, 0) is 30.2 Å². The number of anilines is 1. The first kappa shape index (κ1) is 15.2. The van der Waals surface area contributed by atoms with E-state index < -0.39 is 20.9 Å². The Morgan fingerprint density at radius 3 is 2.38 bits per heavy atom. The Morgan fingerprint density at radius 2 is 1.76 bits per heavy atom. The predicted octanol–water partition coefficient (Wildman–Crippen LogP) is 2.74. The number of nitrogens with two attached hydrogens (primary N) is 1. The third kappa shape index (κ3) is 3.88. The summed E-state index contributed by atoms with van der Waals surface area (Å²) < 4.78 is 35.4. The van der Waals surface area contributed by atoms with E-state index in [-0.39, 0.29) is 17.7 Å². The van der Waals surface area contributed by atoms with Crippen LogP contribution >= 0.6 is 0 Å². The number of carbonyl (C=O) groups is 1. The Balaban J connectivity index is 2.25. The Bertz CT molecular complexity index is 758. The molecule has 110 valence electrons. The molecule has 0 fully saturated rings. The lowest BCUT2D eigenvalue weighted by atomic mass is 10.0. The van der Waals surface area contributed by atoms with Crippen molar-refractivity contribution in [3.63, 3.8) is 0 Å². The van der Waals surface area contributed by atoms with Crippen LogP contribution in [0.4, 0.5) is 9.57 Å². The summed E-state index contributed by atoms with van der Waals surface area (Å²) in [4.78, 5) is 11.5. The van der Waals surface area contributed by atoms with Gasteiger partial charge in [0.1, 0.15) is 4.90 Å². The number of ketones is 1. The zero-order chi connectivity index (χ0) is 15.5. The highest BCUT2D eigenvalue weighted by Crippen LogP contribution is 2.22. The van der Waals surface area contributed by atoms with Crippen LogP contribution in [0.2, 0.25) is 0 Å². The molecule has 0 amide bonds. The lowest BCUT2D eigenvalue weighted by Crippen LogP contribution is -2.08. The fourth-order valence-electron chi connectivity index (χ4n) is 2.02. The molecule has 21 heavy (non-hydrogen) atoms. The molecular formula is C15H14FNO3S. The zero-order valence-electron chi connectivity index (χ0n) is 11.1. The maximum Gasteiger partial charge on any atom is 0.332 e. The number of Topliss-reactive ketones (excluding diaryl/α,β-unsaturated/α-hetero) is 1. The fourth-order valence-corrected chi connectivity index (χ4v) is 2.68. The van der Waals surface area contributed by atoms with Crippen molar-refractivity contribution < 1.29 is 17.1 Å². The van der Waals surface area contributed by atoms with E-state index in [0.717, 1.165) is 11.6 Å². The normalized spacial score (nSPS) is 11.3. The molecule has 0 saturated heterocycles. The van der Waals surface area contributed by atoms with Crippen LogP contribution < -0.4 is 5.73 Å². The van der Waals surface area contributed by atoms with Crippen LogP contribution in [-0.4, -0.2) is 14.2 Å². The quantitative estimate of drug-likeness (QED) is 0.523. The van der Waals surface area contributed by atoms with Crippen molar-refractivity contribution in [1.82, 2.24) is 0 Å². The third-order valence-electron chi connectivity index (χ3n) is 3.05. The van der Waals surface area contributed by atoms with Crippen molar-refractivity contribution in [2.45, 2.75) is 17.7 Å². The SMILES string of the molecule is Nc1ccc(S(=O)(=O)F)c(C(=O)CCc2ccccc2)c1. The summed E-state index contributed by atoms with van der Waals surface area (Å²) in [5, 5.41) is 0. The minimum atomic E-state index is -4.95. The first-order valence-electron chi connectivity index (χ1n) is 6.29. The van der Waals surface area contributed by atoms with Gasteiger partial charge in [-0.3, -0.25) is 4.79 Å². The molecule has 2 aromatic carbocycles. The van der Waals surface area contributed by atoms with Gasteiger partial charge in [0.2, 0.25) is 0 Å². The molecule has 0 bridgehead atoms. The van der Waals surface area contributed by atoms with E-state index in [2.05, 4.69) is 0 Å². The van der Waals surface area contributed by atoms with Gasteiger partial charge in [0.15, 0.2) is 5.78 Å². The maximum atomic E-state index is 13.2. The molecule has 2 rings (SSSR count). The van der Waals surface area contributed by atoms with Crippen LogP contribution in [0.5, 0.6) is 0 Å². The number of nitrogen functional groups attached to an aromatic ring is 1. The molecule has 0 heterocycles. The first-order chi connectivity index (χ1) is 9.88. The minimum absolute atomic E-state index is 0.0794. The summed E-state index contributed by atoms with van der Waals surface area (Å²) in [5.74, 6) is -0.456. The molecule has 4 nitrogen and oxygen atoms in total. The largest absolute Gasteiger partial charge is 0.399 e. The van der Waals surface area contributed by atoms with E-state index in [1.54, 1.807) is 0 Å². The third-order valence-corrected chi connectivity index (χ3v) is 3.93. The van der Waals surface area contributed by atoms with Crippen molar-refractivity contribution in [3.05, 3.63) is 59.7 Å². The molecular weight excluding hydrogens is 293 g/mol. The average Bonchev–Trinajstić information content (AvgIpc) is 2.44. The Hall–Kier alpha value is -2.21. The van der Waals surface area contributed by atoms with Crippen LogP contribution in [-0.2, 0) is 16.6 Å². The van der Waals surface area contributed by atoms with E-state index in [9.17, 15) is 17.1 Å². The lowest BCUT2D eigenvalue weighted by Gasteiger charge is -2.07. The molecule has 0 aliphatic heterocycles. The topological polar surface area (TPSA) is 77.2 Å². The van der Waals surface area contributed by atoms with Gasteiger partial charge in [-0.2, -0.15) is 8.42 Å². The van der Waals surface area contributed by atoms with Gasteiger partial charge < -0.3 is 5.73 Å². The standard InChI is InChI=1S/C15H14FNO3S/c16-21(19,20)15-9-7-12(17)10-13(15)14(18)8-6-11-4-2-1-3-5-11/h1-5,7,9-10H,6,8,17H2. The molecule has 0 spiro atoms. The van der Waals surface area contributed by atoms with Crippen molar-refractivity contribution in [1.29, 1.82) is 0 Å². The summed E-state index contributed by atoms with van der Waals surface area (Å²) in [6.45, 7) is 0. The summed E-state index contributed by atoms with van der Waals surface area (Å²) >= 11 is 0. The van der Waals surface area contributed by atoms with Crippen LogP contribution in [0.3, 0.4) is 0 Å². The van der Waals surface area contributed by atoms with Crippen molar-refractivity contribution in [3.8, 4) is 0 Å². The summed E-state index contributed by atoms with van der Waals surface area (Å²) in [6, 6.07) is 12.7. The second-order valence-corrected chi connectivity index (χ2v) is 5.92. The maximum absolute atomic E-state index is 13.2. The summed E-state index contributed by atoms with van der Waals surface area (Å²) in [6.07, 6.45) is 0.524. The lowest BCUT2D eigenvalue weighted by molar-refractivity contribution is 0.0979. The first-order valence-corrected chi connectivity index (χ1v) is 7.67. The fraction of sp³-hybridized carbons (Fsp3) is 0.133. The van der Waals surface area contributed by atoms with Crippen LogP contribution in [0.15, 0.2) is 53.4 Å². The second kappa shape index (κ2) is 6.05. The van der Waals surface area contributed by atoms with Gasteiger partial charge >= 0.3 is 10.2 Å². The van der Waals surface area contributed by atoms with Gasteiger partial charge in [-0.1, -0.05) is 30.3 Å². The molecule has 0 unspecified atom stereocenters. The van der Waals surface area contributed by atoms with Crippen LogP contribution in [0.1, 0.15) is 22.3 Å². The summed E-state index contributed by atoms with van der Waals surface area (Å²) in [5.41, 5.74) is 6.50. The highest BCUT2D eigenvalue weighted by Gasteiger charge is 2.21. The van der Waals surface area contributed by atoms with E-state index in [1.807, 2.05) is 30.3 Å². The van der Waals surface area contributed by atoms with E-state index in [0.29, 0.717) is 6.42 Å². The molecule has 2 aromatic rings. The number of benzene rings is 2. The monoisotopic (exact) mass is 307 g/mol. The van der Waals surface area contributed by atoms with Gasteiger partial charge in [0.05, 0.1) is 0 Å².